The van der Waals surface area contributed by atoms with E-state index in [-0.39, 0.29) is 17.0 Å². The van der Waals surface area contributed by atoms with E-state index in [9.17, 15) is 13.2 Å². The minimum Gasteiger partial charge on any atom is -0.337 e. The number of hydrogen-bond acceptors (Lipinski definition) is 5. The summed E-state index contributed by atoms with van der Waals surface area (Å²) in [4.78, 5) is 23.9. The SMILES string of the molecule is CCC(C(=O)N1CC2=C(C1)CN(S(=O)(=O)c1cn(C)c(C)n1)C2)n1cnc2ccccc21. The Morgan fingerprint density at radius 1 is 1.12 bits per heavy atom. The highest BCUT2D eigenvalue weighted by molar-refractivity contribution is 7.89. The van der Waals surface area contributed by atoms with E-state index in [2.05, 4.69) is 9.97 Å². The smallest absolute Gasteiger partial charge is 0.262 e. The predicted octanol–water partition coefficient (Wildman–Crippen LogP) is 1.87. The summed E-state index contributed by atoms with van der Waals surface area (Å²) in [5.74, 6) is 0.692. The number of carbonyl (C=O) groups is 1. The van der Waals surface area contributed by atoms with E-state index in [0.717, 1.165) is 22.2 Å². The van der Waals surface area contributed by atoms with Gasteiger partial charge in [0, 0.05) is 39.4 Å². The van der Waals surface area contributed by atoms with Gasteiger partial charge in [0.2, 0.25) is 5.91 Å². The van der Waals surface area contributed by atoms with Gasteiger partial charge in [0.05, 0.1) is 17.4 Å². The number of rotatable bonds is 5. The van der Waals surface area contributed by atoms with Gasteiger partial charge in [-0.05, 0) is 36.6 Å². The molecule has 168 valence electrons. The molecule has 9 nitrogen and oxygen atoms in total. The summed E-state index contributed by atoms with van der Waals surface area (Å²) in [6.45, 7) is 5.31. The van der Waals surface area contributed by atoms with Crippen molar-refractivity contribution in [2.24, 2.45) is 7.05 Å². The van der Waals surface area contributed by atoms with Gasteiger partial charge in [0.1, 0.15) is 11.9 Å². The lowest BCUT2D eigenvalue weighted by Gasteiger charge is -2.26. The standard InChI is InChI=1S/C22H26N6O3S/c1-4-19(28-14-23-18-7-5-6-8-20(18)28)22(29)26-9-16-11-27(12-17(16)10-26)32(30,31)21-13-25(3)15(2)24-21/h5-8,13-14,19H,4,9-12H2,1-3H3. The van der Waals surface area contributed by atoms with E-state index in [0.29, 0.717) is 38.4 Å². The molecule has 0 aliphatic carbocycles. The van der Waals surface area contributed by atoms with E-state index in [1.165, 1.54) is 4.31 Å². The van der Waals surface area contributed by atoms with Crippen molar-refractivity contribution in [3.8, 4) is 0 Å². The maximum absolute atomic E-state index is 13.4. The minimum atomic E-state index is -3.66. The Bertz CT molecular complexity index is 1320. The zero-order chi connectivity index (χ0) is 22.6. The first kappa shape index (κ1) is 20.9. The third kappa shape index (κ3) is 3.25. The fraction of sp³-hybridized carbons (Fsp3) is 0.409. The number of fused-ring (bicyclic) bond motifs is 1. The Kier molecular flexibility index (Phi) is 4.94. The first-order valence-electron chi connectivity index (χ1n) is 10.7. The third-order valence-corrected chi connectivity index (χ3v) is 8.15. The van der Waals surface area contributed by atoms with Gasteiger partial charge in [-0.1, -0.05) is 19.1 Å². The Morgan fingerprint density at radius 3 is 2.44 bits per heavy atom. The highest BCUT2D eigenvalue weighted by Crippen LogP contribution is 2.32. The average Bonchev–Trinajstić information content (AvgIpc) is 3.52. The number of amides is 1. The topological polar surface area (TPSA) is 93.3 Å². The number of aryl methyl sites for hydroxylation is 2. The summed E-state index contributed by atoms with van der Waals surface area (Å²) >= 11 is 0. The number of carbonyl (C=O) groups excluding carboxylic acids is 1. The molecule has 5 rings (SSSR count). The van der Waals surface area contributed by atoms with Gasteiger partial charge in [0.15, 0.2) is 5.03 Å². The molecule has 1 amide bonds. The molecule has 1 unspecified atom stereocenters. The second-order valence-electron chi connectivity index (χ2n) is 8.48. The van der Waals surface area contributed by atoms with Crippen molar-refractivity contribution in [3.63, 3.8) is 0 Å². The molecule has 2 aromatic heterocycles. The molecule has 0 saturated heterocycles. The molecule has 1 atom stereocenters. The highest BCUT2D eigenvalue weighted by atomic mass is 32.2. The normalized spacial score (nSPS) is 18.0. The van der Waals surface area contributed by atoms with Crippen molar-refractivity contribution in [3.05, 3.63) is 53.8 Å². The number of nitrogens with zero attached hydrogens (tertiary/aromatic N) is 6. The Balaban J connectivity index is 1.30. The van der Waals surface area contributed by atoms with E-state index in [4.69, 9.17) is 0 Å². The molecule has 10 heteroatoms. The van der Waals surface area contributed by atoms with Crippen LogP contribution in [-0.2, 0) is 21.9 Å². The van der Waals surface area contributed by atoms with Crippen LogP contribution in [0.25, 0.3) is 11.0 Å². The minimum absolute atomic E-state index is 0.0415. The van der Waals surface area contributed by atoms with Crippen LogP contribution in [0.15, 0.2) is 53.0 Å². The van der Waals surface area contributed by atoms with Crippen LogP contribution < -0.4 is 0 Å². The van der Waals surface area contributed by atoms with Gasteiger partial charge >= 0.3 is 0 Å². The monoisotopic (exact) mass is 454 g/mol. The van der Waals surface area contributed by atoms with Crippen molar-refractivity contribution < 1.29 is 13.2 Å². The fourth-order valence-corrected chi connectivity index (χ4v) is 6.04. The zero-order valence-corrected chi connectivity index (χ0v) is 19.2. The highest BCUT2D eigenvalue weighted by Gasteiger charge is 2.39. The van der Waals surface area contributed by atoms with Crippen LogP contribution in [0.3, 0.4) is 0 Å². The molecule has 0 saturated carbocycles. The molecule has 1 aromatic carbocycles. The molecule has 0 radical (unpaired) electrons. The van der Waals surface area contributed by atoms with Gasteiger partial charge in [-0.25, -0.2) is 18.4 Å². The Hall–Kier alpha value is -2.98. The number of aromatic nitrogens is 4. The first-order chi connectivity index (χ1) is 15.3. The van der Waals surface area contributed by atoms with Crippen molar-refractivity contribution in [1.82, 2.24) is 28.3 Å². The molecule has 0 fully saturated rings. The van der Waals surface area contributed by atoms with Gasteiger partial charge in [-0.3, -0.25) is 4.79 Å². The molecule has 0 spiro atoms. The van der Waals surface area contributed by atoms with E-state index >= 15 is 0 Å². The van der Waals surface area contributed by atoms with Crippen molar-refractivity contribution in [2.75, 3.05) is 26.2 Å². The fourth-order valence-electron chi connectivity index (χ4n) is 4.58. The maximum atomic E-state index is 13.4. The lowest BCUT2D eigenvalue weighted by atomic mass is 10.1. The number of sulfonamides is 1. The second kappa shape index (κ2) is 7.56. The third-order valence-electron chi connectivity index (χ3n) is 6.49. The Morgan fingerprint density at radius 2 is 1.81 bits per heavy atom. The van der Waals surface area contributed by atoms with Crippen LogP contribution >= 0.6 is 0 Å². The molecule has 0 N–H and O–H groups in total. The maximum Gasteiger partial charge on any atom is 0.262 e. The van der Waals surface area contributed by atoms with E-state index < -0.39 is 10.0 Å². The molecule has 4 heterocycles. The summed E-state index contributed by atoms with van der Waals surface area (Å²) in [6, 6.07) is 7.46. The zero-order valence-electron chi connectivity index (χ0n) is 18.4. The molecule has 32 heavy (non-hydrogen) atoms. The van der Waals surface area contributed by atoms with Crippen LogP contribution in [0.4, 0.5) is 0 Å². The van der Waals surface area contributed by atoms with Crippen LogP contribution in [0.2, 0.25) is 0 Å². The number of benzene rings is 1. The first-order valence-corrected chi connectivity index (χ1v) is 12.1. The van der Waals surface area contributed by atoms with Crippen LogP contribution in [0.1, 0.15) is 25.2 Å². The molecule has 2 aliphatic rings. The van der Waals surface area contributed by atoms with Gasteiger partial charge in [-0.2, -0.15) is 4.31 Å². The van der Waals surface area contributed by atoms with Crippen molar-refractivity contribution in [1.29, 1.82) is 0 Å². The van der Waals surface area contributed by atoms with Gasteiger partial charge in [0.25, 0.3) is 10.0 Å². The lowest BCUT2D eigenvalue weighted by Crippen LogP contribution is -2.39. The summed E-state index contributed by atoms with van der Waals surface area (Å²) < 4.78 is 31.1. The number of hydrogen-bond donors (Lipinski definition) is 0. The number of para-hydroxylation sites is 2. The molecular weight excluding hydrogens is 428 g/mol. The summed E-state index contributed by atoms with van der Waals surface area (Å²) in [7, 11) is -1.88. The average molecular weight is 455 g/mol. The number of imidazole rings is 2. The quantitative estimate of drug-likeness (QED) is 0.549. The largest absolute Gasteiger partial charge is 0.337 e. The lowest BCUT2D eigenvalue weighted by molar-refractivity contribution is -0.133. The predicted molar refractivity (Wildman–Crippen MR) is 119 cm³/mol. The summed E-state index contributed by atoms with van der Waals surface area (Å²) in [6.07, 6.45) is 3.93. The van der Waals surface area contributed by atoms with Gasteiger partial charge in [-0.15, -0.1) is 0 Å². The van der Waals surface area contributed by atoms with E-state index in [1.807, 2.05) is 40.7 Å². The summed E-state index contributed by atoms with van der Waals surface area (Å²) in [5.41, 5.74) is 3.83. The van der Waals surface area contributed by atoms with Crippen molar-refractivity contribution in [2.45, 2.75) is 31.3 Å². The van der Waals surface area contributed by atoms with Crippen molar-refractivity contribution >= 4 is 27.0 Å². The van der Waals surface area contributed by atoms with Crippen LogP contribution in [0.5, 0.6) is 0 Å². The van der Waals surface area contributed by atoms with Crippen LogP contribution in [0, 0.1) is 6.92 Å². The van der Waals surface area contributed by atoms with Crippen LogP contribution in [-0.4, -0.2) is 68.8 Å². The molecule has 0 bridgehead atoms. The second-order valence-corrected chi connectivity index (χ2v) is 10.4. The molecular formula is C22H26N6O3S. The van der Waals surface area contributed by atoms with E-state index in [1.54, 1.807) is 31.1 Å². The molecule has 3 aromatic rings. The Labute approximate surface area is 187 Å². The van der Waals surface area contributed by atoms with Gasteiger partial charge < -0.3 is 14.0 Å². The summed E-state index contributed by atoms with van der Waals surface area (Å²) in [5, 5.41) is 0.0737. The molecule has 2 aliphatic heterocycles.